The van der Waals surface area contributed by atoms with E-state index < -0.39 is 20.9 Å². The second-order valence-electron chi connectivity index (χ2n) is 8.44. The molecule has 2 aliphatic rings. The van der Waals surface area contributed by atoms with Crippen LogP contribution in [0.3, 0.4) is 0 Å². The molecule has 2 amide bonds. The van der Waals surface area contributed by atoms with Gasteiger partial charge in [0.1, 0.15) is 4.90 Å². The molecule has 0 aromatic heterocycles. The number of amides is 2. The Morgan fingerprint density at radius 3 is 2.43 bits per heavy atom. The van der Waals surface area contributed by atoms with Crippen LogP contribution in [0, 0.1) is 10.1 Å². The fraction of sp³-hybridized carbons (Fsp3) is 0.348. The van der Waals surface area contributed by atoms with Crippen LogP contribution in [0.2, 0.25) is 0 Å². The van der Waals surface area contributed by atoms with E-state index in [1.54, 1.807) is 18.2 Å². The van der Waals surface area contributed by atoms with Crippen LogP contribution in [-0.4, -0.2) is 48.6 Å². The van der Waals surface area contributed by atoms with Crippen molar-refractivity contribution < 1.29 is 22.9 Å². The molecule has 0 saturated heterocycles. The molecule has 1 aliphatic heterocycles. The molecule has 0 unspecified atom stereocenters. The minimum Gasteiger partial charge on any atom is -0.353 e. The van der Waals surface area contributed by atoms with Gasteiger partial charge in [-0.3, -0.25) is 30.1 Å². The summed E-state index contributed by atoms with van der Waals surface area (Å²) in [6.07, 6.45) is 5.12. The van der Waals surface area contributed by atoms with Crippen molar-refractivity contribution in [1.82, 2.24) is 15.8 Å². The molecule has 0 radical (unpaired) electrons. The summed E-state index contributed by atoms with van der Waals surface area (Å²) < 4.78 is 29.0. The number of fused-ring (bicyclic) bond motifs is 1. The monoisotopic (exact) mass is 499 g/mol. The summed E-state index contributed by atoms with van der Waals surface area (Å²) in [6.45, 7) is -0.0278. The number of non-ortho nitro benzene ring substituents is 1. The molecule has 2 aromatic rings. The quantitative estimate of drug-likeness (QED) is 0.458. The van der Waals surface area contributed by atoms with Gasteiger partial charge in [-0.25, -0.2) is 0 Å². The van der Waals surface area contributed by atoms with Gasteiger partial charge in [-0.15, -0.1) is 4.40 Å². The lowest BCUT2D eigenvalue weighted by Crippen LogP contribution is -2.48. The third kappa shape index (κ3) is 5.65. The number of nitro groups is 1. The molecule has 2 aromatic carbocycles. The van der Waals surface area contributed by atoms with Crippen molar-refractivity contribution in [3.8, 4) is 0 Å². The lowest BCUT2D eigenvalue weighted by molar-refractivity contribution is -0.384. The Bertz CT molecular complexity index is 1270. The topological polar surface area (TPSA) is 151 Å². The summed E-state index contributed by atoms with van der Waals surface area (Å²) >= 11 is 0. The maximum atomic E-state index is 12.9. The van der Waals surface area contributed by atoms with E-state index in [1.807, 2.05) is 0 Å². The Hall–Kier alpha value is -3.80. The van der Waals surface area contributed by atoms with E-state index in [1.165, 1.54) is 35.3 Å². The Morgan fingerprint density at radius 1 is 1.06 bits per heavy atom. The molecule has 0 bridgehead atoms. The van der Waals surface area contributed by atoms with Crippen LogP contribution in [0.4, 0.5) is 5.69 Å². The molecular weight excluding hydrogens is 474 g/mol. The van der Waals surface area contributed by atoms with E-state index in [4.69, 9.17) is 0 Å². The number of nitrogens with zero attached hydrogens (tertiary/aromatic N) is 3. The normalized spacial score (nSPS) is 16.6. The SMILES string of the molecule is O=C(CCN(NC(=O)c1ccc([N+](=O)[O-])cc1)C1=NS(=O)(=O)c2ccccc21)NC1CCCCC1. The van der Waals surface area contributed by atoms with E-state index in [9.17, 15) is 28.1 Å². The zero-order valence-electron chi connectivity index (χ0n) is 18.8. The number of carbonyl (C=O) groups excluding carboxylic acids is 2. The third-order valence-electron chi connectivity index (χ3n) is 5.98. The van der Waals surface area contributed by atoms with E-state index in [2.05, 4.69) is 15.1 Å². The second kappa shape index (κ2) is 10.2. The molecule has 12 heteroatoms. The van der Waals surface area contributed by atoms with E-state index in [0.717, 1.165) is 32.1 Å². The lowest BCUT2D eigenvalue weighted by Gasteiger charge is -2.26. The molecule has 1 aliphatic carbocycles. The first-order chi connectivity index (χ1) is 16.7. The minimum atomic E-state index is -3.96. The number of hydrogen-bond donors (Lipinski definition) is 2. The van der Waals surface area contributed by atoms with Gasteiger partial charge in [0, 0.05) is 42.3 Å². The van der Waals surface area contributed by atoms with Crippen molar-refractivity contribution in [2.24, 2.45) is 4.40 Å². The van der Waals surface area contributed by atoms with Crippen molar-refractivity contribution >= 4 is 33.4 Å². The van der Waals surface area contributed by atoms with Crippen molar-refractivity contribution in [2.45, 2.75) is 49.5 Å². The zero-order chi connectivity index (χ0) is 25.0. The van der Waals surface area contributed by atoms with Gasteiger partial charge >= 0.3 is 0 Å². The van der Waals surface area contributed by atoms with Crippen LogP contribution in [0.15, 0.2) is 57.8 Å². The number of hydrogen-bond acceptors (Lipinski definition) is 7. The molecule has 1 fully saturated rings. The molecule has 1 heterocycles. The molecule has 1 saturated carbocycles. The fourth-order valence-corrected chi connectivity index (χ4v) is 5.39. The molecule has 2 N–H and O–H groups in total. The Balaban J connectivity index is 1.54. The summed E-state index contributed by atoms with van der Waals surface area (Å²) in [5, 5.41) is 15.1. The highest BCUT2D eigenvalue weighted by Crippen LogP contribution is 2.27. The number of nitrogens with one attached hydrogen (secondary N) is 2. The number of rotatable bonds is 6. The van der Waals surface area contributed by atoms with Crippen molar-refractivity contribution in [1.29, 1.82) is 0 Å². The van der Waals surface area contributed by atoms with Gasteiger partial charge in [0.25, 0.3) is 21.6 Å². The highest BCUT2D eigenvalue weighted by molar-refractivity contribution is 7.90. The van der Waals surface area contributed by atoms with Crippen LogP contribution >= 0.6 is 0 Å². The number of carbonyl (C=O) groups is 2. The van der Waals surface area contributed by atoms with E-state index in [0.29, 0.717) is 5.56 Å². The first-order valence-corrected chi connectivity index (χ1v) is 12.8. The van der Waals surface area contributed by atoms with Gasteiger partial charge in [-0.05, 0) is 37.1 Å². The summed E-state index contributed by atoms with van der Waals surface area (Å²) in [5.74, 6) is -0.834. The van der Waals surface area contributed by atoms with Crippen LogP contribution in [0.25, 0.3) is 0 Å². The zero-order valence-corrected chi connectivity index (χ0v) is 19.7. The van der Waals surface area contributed by atoms with Crippen LogP contribution in [0.5, 0.6) is 0 Å². The maximum Gasteiger partial charge on any atom is 0.285 e. The predicted octanol–water partition coefficient (Wildman–Crippen LogP) is 2.53. The number of amidine groups is 1. The summed E-state index contributed by atoms with van der Waals surface area (Å²) in [4.78, 5) is 35.8. The number of nitro benzene ring substituents is 1. The highest BCUT2D eigenvalue weighted by atomic mass is 32.2. The molecular formula is C23H25N5O6S. The van der Waals surface area contributed by atoms with E-state index in [-0.39, 0.29) is 46.9 Å². The average molecular weight is 500 g/mol. The Morgan fingerprint density at radius 2 is 1.74 bits per heavy atom. The first-order valence-electron chi connectivity index (χ1n) is 11.3. The molecule has 35 heavy (non-hydrogen) atoms. The van der Waals surface area contributed by atoms with Crippen LogP contribution in [-0.2, 0) is 14.8 Å². The van der Waals surface area contributed by atoms with Gasteiger partial charge in [-0.1, -0.05) is 31.4 Å². The lowest BCUT2D eigenvalue weighted by atomic mass is 9.95. The Kier molecular flexibility index (Phi) is 7.10. The summed E-state index contributed by atoms with van der Waals surface area (Å²) in [5.41, 5.74) is 2.88. The number of hydrazine groups is 1. The minimum absolute atomic E-state index is 0.00123. The molecule has 0 spiro atoms. The molecule has 11 nitrogen and oxygen atoms in total. The highest BCUT2D eigenvalue weighted by Gasteiger charge is 2.33. The van der Waals surface area contributed by atoms with Gasteiger partial charge < -0.3 is 5.32 Å². The molecule has 4 rings (SSSR count). The molecule has 0 atom stereocenters. The molecule has 184 valence electrons. The maximum absolute atomic E-state index is 12.9. The third-order valence-corrected chi connectivity index (χ3v) is 7.30. The fourth-order valence-electron chi connectivity index (χ4n) is 4.18. The van der Waals surface area contributed by atoms with Gasteiger partial charge in [0.05, 0.1) is 4.92 Å². The van der Waals surface area contributed by atoms with Crippen LogP contribution < -0.4 is 10.7 Å². The summed E-state index contributed by atoms with van der Waals surface area (Å²) in [6, 6.07) is 11.3. The number of benzene rings is 2. The second-order valence-corrected chi connectivity index (χ2v) is 10.0. The van der Waals surface area contributed by atoms with Crippen molar-refractivity contribution in [3.05, 3.63) is 69.8 Å². The smallest absolute Gasteiger partial charge is 0.285 e. The Labute approximate surface area is 202 Å². The van der Waals surface area contributed by atoms with Crippen molar-refractivity contribution in [2.75, 3.05) is 6.54 Å². The first kappa shape index (κ1) is 24.3. The van der Waals surface area contributed by atoms with E-state index >= 15 is 0 Å². The summed E-state index contributed by atoms with van der Waals surface area (Å²) in [7, 11) is -3.96. The largest absolute Gasteiger partial charge is 0.353 e. The van der Waals surface area contributed by atoms with Gasteiger partial charge in [-0.2, -0.15) is 8.42 Å². The van der Waals surface area contributed by atoms with Crippen molar-refractivity contribution in [3.63, 3.8) is 0 Å². The predicted molar refractivity (Wildman–Crippen MR) is 127 cm³/mol. The van der Waals surface area contributed by atoms with Gasteiger partial charge in [0.15, 0.2) is 5.84 Å². The van der Waals surface area contributed by atoms with Gasteiger partial charge in [0.2, 0.25) is 5.91 Å². The number of sulfonamides is 1. The average Bonchev–Trinajstić information content (AvgIpc) is 3.13. The standard InChI is InChI=1S/C23H25N5O6S/c29-21(24-17-6-2-1-3-7-17)14-15-27(22-19-8-4-5-9-20(19)35(33,34)26-22)25-23(30)16-10-12-18(13-11-16)28(31)32/h4-5,8-13,17H,1-3,6-7,14-15H2,(H,24,29)(H,25,30). The van der Waals surface area contributed by atoms with Crippen LogP contribution in [0.1, 0.15) is 54.4 Å².